The second-order valence-electron chi connectivity index (χ2n) is 8.51. The topological polar surface area (TPSA) is 109 Å². The standard InChI is InChI=1S/C21H26N2O5S/c1-21(2,25)16-11-18(28-12-16)29(26,27)23-20(24)22-19-15(10-13-4-3-5-13)7-6-14-8-9-17(14)19/h6-7,11-13,25H,3-5,8-10H2,1-2H3,(H2,22,23,24). The molecule has 8 heteroatoms. The number of rotatable bonds is 6. The van der Waals surface area contributed by atoms with Crippen LogP contribution < -0.4 is 10.0 Å². The number of hydrogen-bond acceptors (Lipinski definition) is 5. The highest BCUT2D eigenvalue weighted by Gasteiger charge is 2.28. The second-order valence-corrected chi connectivity index (χ2v) is 10.1. The van der Waals surface area contributed by atoms with Crippen molar-refractivity contribution in [3.63, 3.8) is 0 Å². The Morgan fingerprint density at radius 1 is 1.28 bits per heavy atom. The molecule has 2 aliphatic carbocycles. The SMILES string of the molecule is CC(C)(O)c1coc(S(=O)(=O)NC(=O)Nc2c(CC3CCC3)ccc3c2CC3)c1. The maximum atomic E-state index is 12.5. The summed E-state index contributed by atoms with van der Waals surface area (Å²) in [5.74, 6) is 0.629. The summed E-state index contributed by atoms with van der Waals surface area (Å²) < 4.78 is 32.1. The fourth-order valence-electron chi connectivity index (χ4n) is 3.77. The van der Waals surface area contributed by atoms with Crippen molar-refractivity contribution < 1.29 is 22.7 Å². The predicted octanol–water partition coefficient (Wildman–Crippen LogP) is 3.46. The van der Waals surface area contributed by atoms with Crippen molar-refractivity contribution >= 4 is 21.7 Å². The maximum Gasteiger partial charge on any atom is 0.333 e. The minimum absolute atomic E-state index is 0.311. The van der Waals surface area contributed by atoms with Crippen LogP contribution in [0.5, 0.6) is 0 Å². The monoisotopic (exact) mass is 418 g/mol. The molecule has 1 aromatic carbocycles. The Morgan fingerprint density at radius 2 is 2.03 bits per heavy atom. The van der Waals surface area contributed by atoms with Crippen LogP contribution in [-0.2, 0) is 34.9 Å². The predicted molar refractivity (Wildman–Crippen MR) is 108 cm³/mol. The van der Waals surface area contributed by atoms with Gasteiger partial charge in [0.05, 0.1) is 11.9 Å². The van der Waals surface area contributed by atoms with Gasteiger partial charge in [0.15, 0.2) is 0 Å². The van der Waals surface area contributed by atoms with E-state index in [0.717, 1.165) is 36.1 Å². The number of fused-ring (bicyclic) bond motifs is 1. The summed E-state index contributed by atoms with van der Waals surface area (Å²) in [5, 5.41) is 12.3. The minimum Gasteiger partial charge on any atom is -0.451 e. The van der Waals surface area contributed by atoms with Gasteiger partial charge in [0.2, 0.25) is 5.09 Å². The Hall–Kier alpha value is -2.32. The Bertz CT molecular complexity index is 1050. The smallest absolute Gasteiger partial charge is 0.333 e. The van der Waals surface area contributed by atoms with E-state index in [-0.39, 0.29) is 0 Å². The molecule has 0 spiro atoms. The van der Waals surface area contributed by atoms with E-state index < -0.39 is 26.7 Å². The Morgan fingerprint density at radius 3 is 2.59 bits per heavy atom. The van der Waals surface area contributed by atoms with Gasteiger partial charge in [-0.25, -0.2) is 9.52 Å². The summed E-state index contributed by atoms with van der Waals surface area (Å²) >= 11 is 0. The van der Waals surface area contributed by atoms with Crippen LogP contribution in [-0.4, -0.2) is 19.6 Å². The van der Waals surface area contributed by atoms with Crippen molar-refractivity contribution in [1.82, 2.24) is 4.72 Å². The third-order valence-electron chi connectivity index (χ3n) is 5.89. The van der Waals surface area contributed by atoms with Gasteiger partial charge in [0.1, 0.15) is 0 Å². The van der Waals surface area contributed by atoms with E-state index in [0.29, 0.717) is 11.5 Å². The maximum absolute atomic E-state index is 12.5. The van der Waals surface area contributed by atoms with Gasteiger partial charge in [-0.15, -0.1) is 0 Å². The van der Waals surface area contributed by atoms with Gasteiger partial charge in [-0.1, -0.05) is 31.4 Å². The van der Waals surface area contributed by atoms with E-state index in [4.69, 9.17) is 4.42 Å². The van der Waals surface area contributed by atoms with Gasteiger partial charge in [-0.3, -0.25) is 0 Å². The first kappa shape index (κ1) is 20.0. The lowest BCUT2D eigenvalue weighted by Crippen LogP contribution is -2.35. The van der Waals surface area contributed by atoms with E-state index in [2.05, 4.69) is 11.4 Å². The highest BCUT2D eigenvalue weighted by atomic mass is 32.2. The molecule has 2 aromatic rings. The molecule has 0 saturated heterocycles. The number of aryl methyl sites for hydroxylation is 1. The first-order valence-corrected chi connectivity index (χ1v) is 11.4. The number of amides is 2. The number of nitrogens with one attached hydrogen (secondary N) is 2. The number of anilines is 1. The van der Waals surface area contributed by atoms with Gasteiger partial charge in [0.25, 0.3) is 10.0 Å². The first-order valence-electron chi connectivity index (χ1n) is 9.92. The molecule has 7 nitrogen and oxygen atoms in total. The molecule has 4 rings (SSSR count). The van der Waals surface area contributed by atoms with E-state index in [9.17, 15) is 18.3 Å². The molecule has 3 N–H and O–H groups in total. The molecule has 0 atom stereocenters. The van der Waals surface area contributed by atoms with Crippen LogP contribution in [0.2, 0.25) is 0 Å². The number of furan rings is 1. The van der Waals surface area contributed by atoms with Crippen LogP contribution in [0.3, 0.4) is 0 Å². The third-order valence-corrected chi connectivity index (χ3v) is 7.08. The van der Waals surface area contributed by atoms with Crippen molar-refractivity contribution in [3.8, 4) is 0 Å². The zero-order chi connectivity index (χ0) is 20.8. The van der Waals surface area contributed by atoms with E-state index in [1.54, 1.807) is 0 Å². The fourth-order valence-corrected chi connectivity index (χ4v) is 4.62. The lowest BCUT2D eigenvalue weighted by atomic mass is 9.78. The lowest BCUT2D eigenvalue weighted by molar-refractivity contribution is 0.0779. The Balaban J connectivity index is 1.51. The highest BCUT2D eigenvalue weighted by molar-refractivity contribution is 7.89. The molecule has 0 unspecified atom stereocenters. The minimum atomic E-state index is -4.19. The molecular weight excluding hydrogens is 392 g/mol. The van der Waals surface area contributed by atoms with Gasteiger partial charge in [-0.05, 0) is 55.7 Å². The van der Waals surface area contributed by atoms with Gasteiger partial charge in [-0.2, -0.15) is 8.42 Å². The zero-order valence-corrected chi connectivity index (χ0v) is 17.4. The molecule has 1 fully saturated rings. The fraction of sp³-hybridized carbons (Fsp3) is 0.476. The summed E-state index contributed by atoms with van der Waals surface area (Å²) in [5.41, 5.74) is 3.15. The number of urea groups is 1. The summed E-state index contributed by atoms with van der Waals surface area (Å²) in [4.78, 5) is 12.5. The van der Waals surface area contributed by atoms with Crippen molar-refractivity contribution in [2.45, 2.75) is 63.1 Å². The van der Waals surface area contributed by atoms with Crippen LogP contribution >= 0.6 is 0 Å². The Labute approximate surface area is 170 Å². The molecule has 1 aromatic heterocycles. The number of carbonyl (C=O) groups is 1. The number of sulfonamides is 1. The van der Waals surface area contributed by atoms with Crippen molar-refractivity contribution in [3.05, 3.63) is 46.7 Å². The summed E-state index contributed by atoms with van der Waals surface area (Å²) in [6.07, 6.45) is 7.54. The highest BCUT2D eigenvalue weighted by Crippen LogP contribution is 2.37. The van der Waals surface area contributed by atoms with Crippen molar-refractivity contribution in [1.29, 1.82) is 0 Å². The molecular formula is C21H26N2O5S. The van der Waals surface area contributed by atoms with E-state index in [1.165, 1.54) is 51.0 Å². The number of benzene rings is 1. The molecule has 2 aliphatic rings. The molecule has 0 bridgehead atoms. The lowest BCUT2D eigenvalue weighted by Gasteiger charge is -2.30. The molecule has 156 valence electrons. The van der Waals surface area contributed by atoms with Crippen LogP contribution in [0.4, 0.5) is 10.5 Å². The molecule has 29 heavy (non-hydrogen) atoms. The summed E-state index contributed by atoms with van der Waals surface area (Å²) in [7, 11) is -4.19. The average molecular weight is 419 g/mol. The number of aliphatic hydroxyl groups is 1. The van der Waals surface area contributed by atoms with Crippen LogP contribution in [0.1, 0.15) is 55.4 Å². The van der Waals surface area contributed by atoms with Crippen LogP contribution in [0.15, 0.2) is 34.0 Å². The van der Waals surface area contributed by atoms with E-state index in [1.807, 2.05) is 10.8 Å². The van der Waals surface area contributed by atoms with Gasteiger partial charge >= 0.3 is 6.03 Å². The largest absolute Gasteiger partial charge is 0.451 e. The van der Waals surface area contributed by atoms with Crippen LogP contribution in [0.25, 0.3) is 0 Å². The molecule has 0 radical (unpaired) electrons. The van der Waals surface area contributed by atoms with E-state index >= 15 is 0 Å². The number of hydrogen-bond donors (Lipinski definition) is 3. The quantitative estimate of drug-likeness (QED) is 0.666. The van der Waals surface area contributed by atoms with Crippen molar-refractivity contribution in [2.75, 3.05) is 5.32 Å². The normalized spacial score (nSPS) is 16.5. The molecule has 1 saturated carbocycles. The molecule has 2 amide bonds. The van der Waals surface area contributed by atoms with Crippen molar-refractivity contribution in [2.24, 2.45) is 5.92 Å². The zero-order valence-electron chi connectivity index (χ0n) is 16.6. The first-order chi connectivity index (χ1) is 13.6. The summed E-state index contributed by atoms with van der Waals surface area (Å²) in [6.45, 7) is 3.04. The molecule has 0 aliphatic heterocycles. The molecule has 1 heterocycles. The average Bonchev–Trinajstić information content (AvgIpc) is 3.04. The third kappa shape index (κ3) is 4.04. The summed E-state index contributed by atoms with van der Waals surface area (Å²) in [6, 6.07) is 4.55. The van der Waals surface area contributed by atoms with Gasteiger partial charge < -0.3 is 14.8 Å². The van der Waals surface area contributed by atoms with Crippen LogP contribution in [0, 0.1) is 5.92 Å². The Kier molecular flexibility index (Phi) is 4.94. The second kappa shape index (κ2) is 7.18. The number of carbonyl (C=O) groups excluding carboxylic acids is 1. The van der Waals surface area contributed by atoms with Gasteiger partial charge in [0, 0.05) is 17.3 Å².